The van der Waals surface area contributed by atoms with E-state index in [1.54, 1.807) is 16.8 Å². The molecule has 2 unspecified atom stereocenters. The van der Waals surface area contributed by atoms with Crippen LogP contribution in [0.1, 0.15) is 55.0 Å². The number of fused-ring (bicyclic) bond motifs is 1. The summed E-state index contributed by atoms with van der Waals surface area (Å²) >= 11 is 3.42. The van der Waals surface area contributed by atoms with Crippen LogP contribution in [0.15, 0.2) is 46.9 Å². The van der Waals surface area contributed by atoms with E-state index in [0.717, 1.165) is 10.0 Å². The van der Waals surface area contributed by atoms with E-state index in [2.05, 4.69) is 74.9 Å². The first kappa shape index (κ1) is 19.8. The molecule has 6 nitrogen and oxygen atoms in total. The van der Waals surface area contributed by atoms with Gasteiger partial charge in [-0.1, -0.05) is 59.1 Å². The van der Waals surface area contributed by atoms with E-state index in [1.165, 1.54) is 11.6 Å². The molecule has 0 bridgehead atoms. The van der Waals surface area contributed by atoms with Gasteiger partial charge >= 0.3 is 6.61 Å². The fourth-order valence-electron chi connectivity index (χ4n) is 3.61. The highest BCUT2D eigenvalue weighted by molar-refractivity contribution is 9.10. The largest absolute Gasteiger partial charge is 0.434 e. The minimum Gasteiger partial charge on any atom is -0.434 e. The van der Waals surface area contributed by atoms with E-state index in [4.69, 9.17) is 4.74 Å². The normalized spacial score (nSPS) is 18.6. The number of aromatic nitrogens is 4. The molecule has 4 rings (SSSR count). The quantitative estimate of drug-likeness (QED) is 0.555. The molecule has 0 amide bonds. The molecular formula is C20H20BrF2N5O. The van der Waals surface area contributed by atoms with Crippen LogP contribution in [-0.2, 0) is 0 Å². The molecule has 2 aromatic carbocycles. The average Bonchev–Trinajstić information content (AvgIpc) is 3.17. The lowest BCUT2D eigenvalue weighted by Crippen LogP contribution is -2.28. The second-order valence-electron chi connectivity index (χ2n) is 7.28. The Labute approximate surface area is 175 Å². The van der Waals surface area contributed by atoms with Gasteiger partial charge in [-0.15, -0.1) is 0 Å². The highest BCUT2D eigenvalue weighted by Crippen LogP contribution is 2.41. The fraction of sp³-hybridized carbons (Fsp3) is 0.350. The summed E-state index contributed by atoms with van der Waals surface area (Å²) in [6.07, 6.45) is 0.578. The molecule has 1 N–H and O–H groups in total. The van der Waals surface area contributed by atoms with Crippen molar-refractivity contribution in [3.63, 3.8) is 0 Å². The van der Waals surface area contributed by atoms with Crippen LogP contribution in [0.4, 0.5) is 14.7 Å². The van der Waals surface area contributed by atoms with Crippen LogP contribution in [0.25, 0.3) is 0 Å². The average molecular weight is 464 g/mol. The first-order chi connectivity index (χ1) is 13.9. The van der Waals surface area contributed by atoms with Crippen molar-refractivity contribution in [2.24, 2.45) is 0 Å². The van der Waals surface area contributed by atoms with Crippen molar-refractivity contribution in [1.82, 2.24) is 20.2 Å². The molecule has 0 aliphatic carbocycles. The van der Waals surface area contributed by atoms with Crippen LogP contribution in [-0.4, -0.2) is 26.8 Å². The molecule has 1 aromatic heterocycles. The van der Waals surface area contributed by atoms with Crippen molar-refractivity contribution in [1.29, 1.82) is 0 Å². The number of anilines is 1. The molecule has 9 heteroatoms. The maximum Gasteiger partial charge on any atom is 0.387 e. The second kappa shape index (κ2) is 8.06. The number of nitrogens with zero attached hydrogens (tertiary/aromatic N) is 4. The molecule has 0 saturated carbocycles. The minimum atomic E-state index is -2.91. The number of alkyl halides is 2. The molecule has 1 aliphatic rings. The first-order valence-corrected chi connectivity index (χ1v) is 10.1. The molecule has 29 heavy (non-hydrogen) atoms. The Balaban J connectivity index is 1.72. The van der Waals surface area contributed by atoms with Gasteiger partial charge in [0.25, 0.3) is 0 Å². The van der Waals surface area contributed by atoms with Gasteiger partial charge in [-0.05, 0) is 52.1 Å². The number of rotatable bonds is 5. The van der Waals surface area contributed by atoms with Crippen LogP contribution < -0.4 is 10.1 Å². The third-order valence-electron chi connectivity index (χ3n) is 5.10. The number of halogens is 3. The Hall–Kier alpha value is -2.55. The molecule has 2 atom stereocenters. The Bertz CT molecular complexity index is 993. The monoisotopic (exact) mass is 463 g/mol. The third kappa shape index (κ3) is 4.10. The first-order valence-electron chi connectivity index (χ1n) is 9.31. The lowest BCUT2D eigenvalue weighted by molar-refractivity contribution is -0.0508. The summed E-state index contributed by atoms with van der Waals surface area (Å²) in [7, 11) is 0. The summed E-state index contributed by atoms with van der Waals surface area (Å²) in [5, 5.41) is 15.2. The van der Waals surface area contributed by atoms with Crippen molar-refractivity contribution in [3.05, 3.63) is 63.6 Å². The number of hydrogen-bond acceptors (Lipinski definition) is 5. The molecule has 0 spiro atoms. The lowest BCUT2D eigenvalue weighted by Gasteiger charge is -2.32. The Morgan fingerprint density at radius 1 is 1.17 bits per heavy atom. The fourth-order valence-corrected chi connectivity index (χ4v) is 3.99. The summed E-state index contributed by atoms with van der Waals surface area (Å²) < 4.78 is 33.1. The zero-order chi connectivity index (χ0) is 20.5. The Morgan fingerprint density at radius 3 is 2.62 bits per heavy atom. The molecule has 0 radical (unpaired) electrons. The van der Waals surface area contributed by atoms with Gasteiger partial charge in [0.15, 0.2) is 0 Å². The van der Waals surface area contributed by atoms with Crippen molar-refractivity contribution in [3.8, 4) is 5.75 Å². The van der Waals surface area contributed by atoms with Crippen molar-refractivity contribution >= 4 is 21.9 Å². The van der Waals surface area contributed by atoms with E-state index in [1.807, 2.05) is 0 Å². The van der Waals surface area contributed by atoms with E-state index >= 15 is 0 Å². The maximum atomic E-state index is 13.0. The summed E-state index contributed by atoms with van der Waals surface area (Å²) in [5.41, 5.74) is 2.93. The van der Waals surface area contributed by atoms with Crippen LogP contribution in [0, 0.1) is 0 Å². The standard InChI is InChI=1S/C20H20BrF2N5O/c1-11(2)12-3-5-13(6-4-12)16-10-17(28-20(24-16)25-26-27-28)15-9-14(21)7-8-18(15)29-19(22)23/h3-9,11,16-17,19H,10H2,1-2H3,(H,24,25,27). The highest BCUT2D eigenvalue weighted by Gasteiger charge is 2.33. The molecule has 152 valence electrons. The van der Waals surface area contributed by atoms with E-state index in [-0.39, 0.29) is 17.8 Å². The van der Waals surface area contributed by atoms with Crippen LogP contribution in [0.2, 0.25) is 0 Å². The van der Waals surface area contributed by atoms with E-state index in [0.29, 0.717) is 23.9 Å². The van der Waals surface area contributed by atoms with Gasteiger partial charge in [0.05, 0.1) is 12.1 Å². The summed E-state index contributed by atoms with van der Waals surface area (Å²) in [4.78, 5) is 0. The Morgan fingerprint density at radius 2 is 1.93 bits per heavy atom. The number of hydrogen-bond donors (Lipinski definition) is 1. The van der Waals surface area contributed by atoms with Gasteiger partial charge in [-0.2, -0.15) is 8.78 Å². The smallest absolute Gasteiger partial charge is 0.387 e. The number of benzene rings is 2. The topological polar surface area (TPSA) is 64.9 Å². The van der Waals surface area contributed by atoms with E-state index < -0.39 is 6.61 Å². The number of tetrazole rings is 1. The summed E-state index contributed by atoms with van der Waals surface area (Å²) in [6, 6.07) is 12.9. The van der Waals surface area contributed by atoms with Crippen LogP contribution in [0.3, 0.4) is 0 Å². The van der Waals surface area contributed by atoms with Crippen molar-refractivity contribution < 1.29 is 13.5 Å². The molecule has 0 fully saturated rings. The van der Waals surface area contributed by atoms with Crippen molar-refractivity contribution in [2.75, 3.05) is 5.32 Å². The SMILES string of the molecule is CC(C)c1ccc(C2CC(c3cc(Br)ccc3OC(F)F)n3nnnc3N2)cc1. The van der Waals surface area contributed by atoms with Gasteiger partial charge < -0.3 is 10.1 Å². The predicted octanol–water partition coefficient (Wildman–Crippen LogP) is 5.31. The van der Waals surface area contributed by atoms with Crippen molar-refractivity contribution in [2.45, 2.75) is 44.9 Å². The second-order valence-corrected chi connectivity index (χ2v) is 8.19. The molecule has 2 heterocycles. The maximum absolute atomic E-state index is 13.0. The van der Waals surface area contributed by atoms with Gasteiger partial charge in [0.1, 0.15) is 5.75 Å². The zero-order valence-electron chi connectivity index (χ0n) is 15.9. The lowest BCUT2D eigenvalue weighted by atomic mass is 9.91. The van der Waals surface area contributed by atoms with Gasteiger partial charge in [0, 0.05) is 10.0 Å². The van der Waals surface area contributed by atoms with Crippen LogP contribution >= 0.6 is 15.9 Å². The highest BCUT2D eigenvalue weighted by atomic mass is 79.9. The molecular weight excluding hydrogens is 444 g/mol. The molecule has 0 saturated heterocycles. The zero-order valence-corrected chi connectivity index (χ0v) is 17.5. The summed E-state index contributed by atoms with van der Waals surface area (Å²) in [5.74, 6) is 1.05. The van der Waals surface area contributed by atoms with Gasteiger partial charge in [-0.25, -0.2) is 4.68 Å². The van der Waals surface area contributed by atoms with E-state index in [9.17, 15) is 8.78 Å². The molecule has 3 aromatic rings. The predicted molar refractivity (Wildman–Crippen MR) is 108 cm³/mol. The van der Waals surface area contributed by atoms with Crippen LogP contribution in [0.5, 0.6) is 5.75 Å². The summed E-state index contributed by atoms with van der Waals surface area (Å²) in [6.45, 7) is 1.38. The minimum absolute atomic E-state index is 0.0712. The third-order valence-corrected chi connectivity index (χ3v) is 5.60. The number of nitrogens with one attached hydrogen (secondary N) is 1. The Kier molecular flexibility index (Phi) is 5.49. The number of ether oxygens (including phenoxy) is 1. The van der Waals surface area contributed by atoms with Gasteiger partial charge in [0.2, 0.25) is 5.95 Å². The van der Waals surface area contributed by atoms with Gasteiger partial charge in [-0.3, -0.25) is 0 Å². The molecule has 1 aliphatic heterocycles.